The smallest absolute Gasteiger partial charge is 0.231 e. The molecule has 0 aliphatic heterocycles. The molecule has 2 heterocycles. The van der Waals surface area contributed by atoms with Crippen molar-refractivity contribution in [2.75, 3.05) is 11.9 Å². The number of hydrogen-bond acceptors (Lipinski definition) is 5. The number of pyridine rings is 1. The zero-order chi connectivity index (χ0) is 23.9. The fourth-order valence-electron chi connectivity index (χ4n) is 3.72. The number of aromatic nitrogens is 3. The van der Waals surface area contributed by atoms with Crippen molar-refractivity contribution in [3.63, 3.8) is 0 Å². The second-order valence-electron chi connectivity index (χ2n) is 10.4. The van der Waals surface area contributed by atoms with Crippen LogP contribution in [0.3, 0.4) is 0 Å². The van der Waals surface area contributed by atoms with Gasteiger partial charge in [-0.15, -0.1) is 0 Å². The van der Waals surface area contributed by atoms with E-state index in [2.05, 4.69) is 29.9 Å². The van der Waals surface area contributed by atoms with Crippen LogP contribution >= 0.6 is 0 Å². The van der Waals surface area contributed by atoms with Gasteiger partial charge in [0.05, 0.1) is 12.0 Å². The number of fused-ring (bicyclic) bond motifs is 1. The lowest BCUT2D eigenvalue weighted by Crippen LogP contribution is -2.22. The first kappa shape index (κ1) is 23.0. The Balaban J connectivity index is 1.46. The summed E-state index contributed by atoms with van der Waals surface area (Å²) in [6.45, 7) is 7.85. The number of carbonyl (C=O) groups is 1. The Labute approximate surface area is 199 Å². The van der Waals surface area contributed by atoms with Crippen LogP contribution in [-0.4, -0.2) is 47.6 Å². The Hall–Kier alpha value is -2.78. The molecule has 1 aromatic carbocycles. The molecule has 7 nitrogen and oxygen atoms in total. The van der Waals surface area contributed by atoms with Crippen LogP contribution < -0.4 is 10.1 Å². The molecule has 2 aliphatic carbocycles. The number of rotatable bonds is 10. The summed E-state index contributed by atoms with van der Waals surface area (Å²) in [5, 5.41) is 8.44. The normalized spacial score (nSPS) is 19.9. The Morgan fingerprint density at radius 2 is 1.97 bits per heavy atom. The maximum absolute atomic E-state index is 13.3. The zero-order valence-corrected chi connectivity index (χ0v) is 20.9. The van der Waals surface area contributed by atoms with Gasteiger partial charge in [0.1, 0.15) is 30.2 Å². The molecule has 180 valence electrons. The predicted octanol–water partition coefficient (Wildman–Crippen LogP) is 5.25. The zero-order valence-electron chi connectivity index (χ0n) is 19.9. The monoisotopic (exact) mass is 482 g/mol. The van der Waals surface area contributed by atoms with Gasteiger partial charge in [-0.2, -0.15) is 5.10 Å². The van der Waals surface area contributed by atoms with Crippen LogP contribution in [0.15, 0.2) is 36.4 Å². The molecule has 0 saturated heterocycles. The summed E-state index contributed by atoms with van der Waals surface area (Å²) in [6.07, 6.45) is 1.63. The van der Waals surface area contributed by atoms with Gasteiger partial charge in [-0.1, -0.05) is 31.8 Å². The van der Waals surface area contributed by atoms with Crippen LogP contribution in [0.2, 0.25) is 25.7 Å². The number of amides is 1. The number of anilines is 1. The molecule has 0 bridgehead atoms. The third-order valence-electron chi connectivity index (χ3n) is 6.07. The molecule has 2 saturated carbocycles. The van der Waals surface area contributed by atoms with Crippen LogP contribution in [0.25, 0.3) is 22.3 Å². The van der Waals surface area contributed by atoms with Crippen LogP contribution in [0.4, 0.5) is 10.2 Å². The summed E-state index contributed by atoms with van der Waals surface area (Å²) in [7, 11) is -1.22. The van der Waals surface area contributed by atoms with Gasteiger partial charge in [-0.25, -0.2) is 14.1 Å². The average Bonchev–Trinajstić information content (AvgIpc) is 3.71. The number of nitrogens with zero attached hydrogens (tertiary/aromatic N) is 3. The van der Waals surface area contributed by atoms with Gasteiger partial charge in [-0.3, -0.25) is 4.79 Å². The van der Waals surface area contributed by atoms with E-state index in [-0.39, 0.29) is 25.2 Å². The molecule has 1 N–H and O–H groups in total. The number of carbonyl (C=O) groups excluding carboxylic acids is 1. The van der Waals surface area contributed by atoms with Crippen molar-refractivity contribution >= 4 is 30.8 Å². The fourth-order valence-corrected chi connectivity index (χ4v) is 4.48. The number of nitrogens with one attached hydrogen (secondary N) is 1. The molecular weight excluding hydrogens is 451 g/mol. The number of alkyl halides is 1. The van der Waals surface area contributed by atoms with Gasteiger partial charge in [0, 0.05) is 25.6 Å². The maximum Gasteiger partial charge on any atom is 0.231 e. The quantitative estimate of drug-likeness (QED) is 0.315. The summed E-state index contributed by atoms with van der Waals surface area (Å²) < 4.78 is 27.1. The summed E-state index contributed by atoms with van der Waals surface area (Å²) in [5.41, 5.74) is 2.27. The van der Waals surface area contributed by atoms with E-state index in [1.165, 1.54) is 0 Å². The van der Waals surface area contributed by atoms with Gasteiger partial charge in [0.25, 0.3) is 0 Å². The summed E-state index contributed by atoms with van der Waals surface area (Å²) in [5.74, 6) is 0.278. The standard InChI is InChI=1S/C25H31FN4O3Si/c1-34(2,3)13-12-32-15-30-24-18(10-11-22(27-24)28-25(31)19-14-20(19)26)23(29-30)17-6-4-5-7-21(17)33-16-8-9-16/h4-7,10-11,16,19-20H,8-9,12-15H2,1-3H3,(H,27,28,31)/t19-,20+/m1/s1. The number of para-hydroxylation sites is 1. The maximum atomic E-state index is 13.3. The molecule has 1 amide bonds. The van der Waals surface area contributed by atoms with Gasteiger partial charge >= 0.3 is 0 Å². The Morgan fingerprint density at radius 3 is 2.68 bits per heavy atom. The lowest BCUT2D eigenvalue weighted by atomic mass is 10.1. The lowest BCUT2D eigenvalue weighted by molar-refractivity contribution is -0.117. The van der Waals surface area contributed by atoms with Gasteiger partial charge in [0.15, 0.2) is 5.65 Å². The van der Waals surface area contributed by atoms with Crippen molar-refractivity contribution in [2.24, 2.45) is 5.92 Å². The predicted molar refractivity (Wildman–Crippen MR) is 132 cm³/mol. The first-order valence-electron chi connectivity index (χ1n) is 11.9. The second kappa shape index (κ2) is 9.11. The average molecular weight is 483 g/mol. The van der Waals surface area contributed by atoms with Crippen LogP contribution in [0.1, 0.15) is 19.3 Å². The van der Waals surface area contributed by atoms with E-state index in [4.69, 9.17) is 14.6 Å². The molecular formula is C25H31FN4O3Si. The second-order valence-corrected chi connectivity index (χ2v) is 16.0. The molecule has 2 aliphatic rings. The van der Waals surface area contributed by atoms with E-state index in [0.29, 0.717) is 18.1 Å². The molecule has 0 radical (unpaired) electrons. The van der Waals surface area contributed by atoms with Crippen LogP contribution in [-0.2, 0) is 16.3 Å². The number of ether oxygens (including phenoxy) is 2. The van der Waals surface area contributed by atoms with Crippen LogP contribution in [0, 0.1) is 5.92 Å². The Morgan fingerprint density at radius 1 is 1.21 bits per heavy atom. The van der Waals surface area contributed by atoms with E-state index < -0.39 is 20.2 Å². The fraction of sp³-hybridized carbons (Fsp3) is 0.480. The summed E-state index contributed by atoms with van der Waals surface area (Å²) >= 11 is 0. The minimum atomic E-state index is -1.22. The van der Waals surface area contributed by atoms with E-state index in [1.807, 2.05) is 30.3 Å². The highest BCUT2D eigenvalue weighted by Crippen LogP contribution is 2.38. The number of benzene rings is 1. The van der Waals surface area contributed by atoms with E-state index in [0.717, 1.165) is 41.3 Å². The lowest BCUT2D eigenvalue weighted by Gasteiger charge is -2.15. The minimum absolute atomic E-state index is 0.256. The molecule has 2 fully saturated rings. The highest BCUT2D eigenvalue weighted by atomic mass is 28.3. The molecule has 0 unspecified atom stereocenters. The molecule has 5 rings (SSSR count). The van der Waals surface area contributed by atoms with Crippen molar-refractivity contribution in [2.45, 2.75) is 64.0 Å². The highest BCUT2D eigenvalue weighted by Gasteiger charge is 2.43. The van der Waals surface area contributed by atoms with Crippen molar-refractivity contribution in [3.05, 3.63) is 36.4 Å². The molecule has 2 atom stereocenters. The van der Waals surface area contributed by atoms with E-state index >= 15 is 0 Å². The SMILES string of the molecule is C[Si](C)(C)CCOCn1nc(-c2ccccc2OC2CC2)c2ccc(NC(=O)[C@@H]3C[C@@H]3F)nc21. The number of hydrogen-bond donors (Lipinski definition) is 1. The number of halogens is 1. The molecule has 34 heavy (non-hydrogen) atoms. The molecule has 0 spiro atoms. The van der Waals surface area contributed by atoms with Gasteiger partial charge < -0.3 is 14.8 Å². The highest BCUT2D eigenvalue weighted by molar-refractivity contribution is 6.76. The van der Waals surface area contributed by atoms with Crippen molar-refractivity contribution in [3.8, 4) is 17.0 Å². The topological polar surface area (TPSA) is 78.3 Å². The summed E-state index contributed by atoms with van der Waals surface area (Å²) in [6, 6.07) is 12.6. The third-order valence-corrected chi connectivity index (χ3v) is 7.77. The third kappa shape index (κ3) is 5.31. The first-order valence-corrected chi connectivity index (χ1v) is 15.7. The van der Waals surface area contributed by atoms with Crippen molar-refractivity contribution in [1.82, 2.24) is 14.8 Å². The van der Waals surface area contributed by atoms with Gasteiger partial charge in [-0.05, 0) is 49.6 Å². The molecule has 9 heteroatoms. The Bertz CT molecular complexity index is 1200. The Kier molecular flexibility index (Phi) is 6.16. The van der Waals surface area contributed by atoms with E-state index in [9.17, 15) is 9.18 Å². The first-order chi connectivity index (χ1) is 16.3. The minimum Gasteiger partial charge on any atom is -0.490 e. The molecule has 3 aromatic rings. The van der Waals surface area contributed by atoms with Crippen molar-refractivity contribution < 1.29 is 18.7 Å². The van der Waals surface area contributed by atoms with Crippen LogP contribution in [0.5, 0.6) is 5.75 Å². The summed E-state index contributed by atoms with van der Waals surface area (Å²) in [4.78, 5) is 16.9. The van der Waals surface area contributed by atoms with E-state index in [1.54, 1.807) is 10.7 Å². The van der Waals surface area contributed by atoms with Gasteiger partial charge in [0.2, 0.25) is 5.91 Å². The largest absolute Gasteiger partial charge is 0.490 e. The van der Waals surface area contributed by atoms with Crippen molar-refractivity contribution in [1.29, 1.82) is 0 Å². The molecule has 2 aromatic heterocycles.